The van der Waals surface area contributed by atoms with Crippen LogP contribution in [0, 0.1) is 5.92 Å². The maximum Gasteiger partial charge on any atom is 0.411 e. The van der Waals surface area contributed by atoms with Gasteiger partial charge in [0.25, 0.3) is 0 Å². The van der Waals surface area contributed by atoms with Crippen molar-refractivity contribution in [1.82, 2.24) is 4.90 Å². The number of rotatable bonds is 1. The largest absolute Gasteiger partial charge is 0.467 e. The molecule has 4 atom stereocenters. The van der Waals surface area contributed by atoms with Crippen LogP contribution in [0.5, 0.6) is 0 Å². The SMILES string of the molecule is COC(=O)[C@@H]1[C@H]2C[C@H](C[C@@H]2O)N1C(=O)OC(C)(C)C. The van der Waals surface area contributed by atoms with Gasteiger partial charge in [0.15, 0.2) is 0 Å². The van der Waals surface area contributed by atoms with Crippen molar-refractivity contribution >= 4 is 12.1 Å². The Morgan fingerprint density at radius 3 is 2.42 bits per heavy atom. The summed E-state index contributed by atoms with van der Waals surface area (Å²) < 4.78 is 10.1. The molecule has 2 rings (SSSR count). The zero-order valence-electron chi connectivity index (χ0n) is 11.8. The number of esters is 1. The number of nitrogens with zero attached hydrogens (tertiary/aromatic N) is 1. The van der Waals surface area contributed by atoms with Crippen molar-refractivity contribution in [1.29, 1.82) is 0 Å². The van der Waals surface area contributed by atoms with Crippen LogP contribution in [0.3, 0.4) is 0 Å². The lowest BCUT2D eigenvalue weighted by molar-refractivity contribution is -0.150. The number of piperidine rings is 1. The molecule has 2 aliphatic rings. The van der Waals surface area contributed by atoms with E-state index in [1.807, 2.05) is 0 Å². The average Bonchev–Trinajstić information content (AvgIpc) is 2.81. The molecule has 19 heavy (non-hydrogen) atoms. The lowest BCUT2D eigenvalue weighted by atomic mass is 9.96. The number of amides is 1. The third-order valence-corrected chi connectivity index (χ3v) is 3.70. The number of aliphatic hydroxyl groups is 1. The molecule has 6 heteroatoms. The Balaban J connectivity index is 2.19. The quantitative estimate of drug-likeness (QED) is 0.718. The highest BCUT2D eigenvalue weighted by Crippen LogP contribution is 2.43. The van der Waals surface area contributed by atoms with Gasteiger partial charge in [0.1, 0.15) is 11.6 Å². The van der Waals surface area contributed by atoms with Gasteiger partial charge < -0.3 is 14.6 Å². The number of carbonyl (C=O) groups excluding carboxylic acids is 2. The highest BCUT2D eigenvalue weighted by molar-refractivity contribution is 5.83. The number of ether oxygens (including phenoxy) is 2. The number of methoxy groups -OCH3 is 1. The van der Waals surface area contributed by atoms with Crippen molar-refractivity contribution in [3.63, 3.8) is 0 Å². The molecule has 1 saturated carbocycles. The summed E-state index contributed by atoms with van der Waals surface area (Å²) in [7, 11) is 1.29. The highest BCUT2D eigenvalue weighted by atomic mass is 16.6. The predicted molar refractivity (Wildman–Crippen MR) is 66.4 cm³/mol. The molecule has 0 unspecified atom stereocenters. The smallest absolute Gasteiger partial charge is 0.411 e. The van der Waals surface area contributed by atoms with Gasteiger partial charge in [0.05, 0.1) is 13.2 Å². The molecule has 108 valence electrons. The molecule has 0 aromatic carbocycles. The molecule has 1 heterocycles. The van der Waals surface area contributed by atoms with Crippen LogP contribution < -0.4 is 0 Å². The van der Waals surface area contributed by atoms with Crippen LogP contribution in [-0.2, 0) is 14.3 Å². The van der Waals surface area contributed by atoms with E-state index < -0.39 is 29.8 Å². The molecule has 6 nitrogen and oxygen atoms in total. The van der Waals surface area contributed by atoms with Crippen LogP contribution in [-0.4, -0.2) is 53.0 Å². The zero-order valence-corrected chi connectivity index (χ0v) is 11.8. The molecule has 2 fully saturated rings. The molecule has 0 aromatic heterocycles. The van der Waals surface area contributed by atoms with E-state index in [4.69, 9.17) is 9.47 Å². The Morgan fingerprint density at radius 2 is 1.89 bits per heavy atom. The number of hydrogen-bond donors (Lipinski definition) is 1. The highest BCUT2D eigenvalue weighted by Gasteiger charge is 2.57. The maximum absolute atomic E-state index is 12.2. The second-order valence-corrected chi connectivity index (χ2v) is 6.21. The average molecular weight is 271 g/mol. The minimum Gasteiger partial charge on any atom is -0.467 e. The van der Waals surface area contributed by atoms with Gasteiger partial charge >= 0.3 is 12.1 Å². The van der Waals surface area contributed by atoms with Crippen LogP contribution in [0.25, 0.3) is 0 Å². The molecule has 0 spiro atoms. The van der Waals surface area contributed by atoms with Crippen molar-refractivity contribution in [3.05, 3.63) is 0 Å². The lowest BCUT2D eigenvalue weighted by Gasteiger charge is -2.36. The van der Waals surface area contributed by atoms with Crippen molar-refractivity contribution in [2.45, 2.75) is 57.4 Å². The fraction of sp³-hybridized carbons (Fsp3) is 0.846. The van der Waals surface area contributed by atoms with Crippen LogP contribution >= 0.6 is 0 Å². The fourth-order valence-corrected chi connectivity index (χ4v) is 3.01. The third-order valence-electron chi connectivity index (χ3n) is 3.70. The lowest BCUT2D eigenvalue weighted by Crippen LogP contribution is -2.54. The summed E-state index contributed by atoms with van der Waals surface area (Å²) in [6.07, 6.45) is 0.0625. The molecular formula is C13H21NO5. The van der Waals surface area contributed by atoms with Gasteiger partial charge in [-0.1, -0.05) is 0 Å². The van der Waals surface area contributed by atoms with Gasteiger partial charge in [-0.15, -0.1) is 0 Å². The van der Waals surface area contributed by atoms with Gasteiger partial charge in [-0.3, -0.25) is 4.90 Å². The van der Waals surface area contributed by atoms with Crippen molar-refractivity contribution in [2.75, 3.05) is 7.11 Å². The summed E-state index contributed by atoms with van der Waals surface area (Å²) in [6, 6.07) is -0.868. The summed E-state index contributed by atoms with van der Waals surface area (Å²) in [5.74, 6) is -0.734. The standard InChI is InChI=1S/C13H21NO5/c1-13(2,3)19-12(17)14-7-5-8(9(15)6-7)10(14)11(16)18-4/h7-10,15H,5-6H2,1-4H3/t7-,8+,9+,10+/m1/s1. The Hall–Kier alpha value is -1.30. The normalized spacial score (nSPS) is 33.4. The first-order valence-electron chi connectivity index (χ1n) is 6.52. The summed E-state index contributed by atoms with van der Waals surface area (Å²) in [5.41, 5.74) is -0.613. The minimum absolute atomic E-state index is 0.140. The van der Waals surface area contributed by atoms with E-state index in [9.17, 15) is 14.7 Å². The summed E-state index contributed by atoms with van der Waals surface area (Å²) in [4.78, 5) is 25.5. The molecule has 1 saturated heterocycles. The third kappa shape index (κ3) is 2.54. The topological polar surface area (TPSA) is 76.1 Å². The summed E-state index contributed by atoms with van der Waals surface area (Å²) in [6.45, 7) is 5.34. The van der Waals surface area contributed by atoms with E-state index in [1.54, 1.807) is 20.8 Å². The van der Waals surface area contributed by atoms with E-state index in [0.29, 0.717) is 12.8 Å². The second-order valence-electron chi connectivity index (χ2n) is 6.21. The molecule has 0 aromatic rings. The van der Waals surface area contributed by atoms with Crippen molar-refractivity contribution < 1.29 is 24.2 Å². The molecule has 0 radical (unpaired) electrons. The number of aliphatic hydroxyl groups excluding tert-OH is 1. The number of likely N-dealkylation sites (tertiary alicyclic amines) is 1. The van der Waals surface area contributed by atoms with E-state index in [-0.39, 0.29) is 12.0 Å². The first-order chi connectivity index (χ1) is 8.74. The Labute approximate surface area is 112 Å². The zero-order chi connectivity index (χ0) is 14.4. The van der Waals surface area contributed by atoms with E-state index in [2.05, 4.69) is 0 Å². The molecule has 1 N–H and O–H groups in total. The van der Waals surface area contributed by atoms with Gasteiger partial charge in [-0.05, 0) is 33.6 Å². The summed E-state index contributed by atoms with van der Waals surface area (Å²) >= 11 is 0. The van der Waals surface area contributed by atoms with Gasteiger partial charge in [-0.25, -0.2) is 9.59 Å². The first-order valence-corrected chi connectivity index (χ1v) is 6.52. The Kier molecular flexibility index (Phi) is 3.47. The Morgan fingerprint density at radius 1 is 1.26 bits per heavy atom. The van der Waals surface area contributed by atoms with Crippen molar-refractivity contribution in [3.8, 4) is 0 Å². The molecular weight excluding hydrogens is 250 g/mol. The van der Waals surface area contributed by atoms with Crippen LogP contribution in [0.1, 0.15) is 33.6 Å². The van der Waals surface area contributed by atoms with E-state index in [0.717, 1.165) is 0 Å². The van der Waals surface area contributed by atoms with Crippen LogP contribution in [0.2, 0.25) is 0 Å². The molecule has 2 bridgehead atoms. The van der Waals surface area contributed by atoms with Gasteiger partial charge in [0.2, 0.25) is 0 Å². The van der Waals surface area contributed by atoms with Crippen LogP contribution in [0.15, 0.2) is 0 Å². The molecule has 1 amide bonds. The monoisotopic (exact) mass is 271 g/mol. The van der Waals surface area contributed by atoms with E-state index >= 15 is 0 Å². The summed E-state index contributed by atoms with van der Waals surface area (Å²) in [5, 5.41) is 9.88. The fourth-order valence-electron chi connectivity index (χ4n) is 3.01. The number of fused-ring (bicyclic) bond motifs is 2. The predicted octanol–water partition coefficient (Wildman–Crippen LogP) is 0.918. The maximum atomic E-state index is 12.2. The first kappa shape index (κ1) is 14.1. The van der Waals surface area contributed by atoms with Crippen LogP contribution in [0.4, 0.5) is 4.79 Å². The van der Waals surface area contributed by atoms with Gasteiger partial charge in [0, 0.05) is 12.0 Å². The van der Waals surface area contributed by atoms with Crippen molar-refractivity contribution in [2.24, 2.45) is 5.92 Å². The minimum atomic E-state index is -0.728. The van der Waals surface area contributed by atoms with Gasteiger partial charge in [-0.2, -0.15) is 0 Å². The number of carbonyl (C=O) groups is 2. The molecule has 1 aliphatic heterocycles. The second kappa shape index (κ2) is 4.67. The Bertz CT molecular complexity index is 389. The number of hydrogen-bond acceptors (Lipinski definition) is 5. The molecule has 1 aliphatic carbocycles. The van der Waals surface area contributed by atoms with E-state index in [1.165, 1.54) is 12.0 Å².